The lowest BCUT2D eigenvalue weighted by atomic mass is 10.2. The number of nitrogens with two attached hydrogens (primary N) is 1. The molecule has 0 aliphatic heterocycles. The predicted molar refractivity (Wildman–Crippen MR) is 62.5 cm³/mol. The fraction of sp³-hybridized carbons (Fsp3) is 0.273. The summed E-state index contributed by atoms with van der Waals surface area (Å²) >= 11 is 5.87. The molecule has 2 aromatic rings. The van der Waals surface area contributed by atoms with Crippen LogP contribution in [0.1, 0.15) is 18.7 Å². The highest BCUT2D eigenvalue weighted by Crippen LogP contribution is 2.40. The standard InChI is InChI=1S/C11H10ClN3O/c12-6-1-2-7-8(5-6)14-10(15-9(7)16)11(13)3-4-11/h1-2,5H,3-4,13H2,(H,14,15,16). The molecule has 0 saturated heterocycles. The van der Waals surface area contributed by atoms with Gasteiger partial charge in [0.15, 0.2) is 0 Å². The van der Waals surface area contributed by atoms with Crippen LogP contribution in [0.15, 0.2) is 23.0 Å². The van der Waals surface area contributed by atoms with Gasteiger partial charge in [-0.05, 0) is 31.0 Å². The first kappa shape index (κ1) is 9.81. The third kappa shape index (κ3) is 1.42. The summed E-state index contributed by atoms with van der Waals surface area (Å²) in [5.74, 6) is 0.562. The Balaban J connectivity index is 2.32. The minimum atomic E-state index is -0.435. The topological polar surface area (TPSA) is 71.8 Å². The molecular weight excluding hydrogens is 226 g/mol. The molecule has 0 spiro atoms. The van der Waals surface area contributed by atoms with Crippen molar-refractivity contribution in [3.63, 3.8) is 0 Å². The van der Waals surface area contributed by atoms with E-state index in [4.69, 9.17) is 17.3 Å². The molecular formula is C11H10ClN3O. The molecule has 16 heavy (non-hydrogen) atoms. The zero-order valence-electron chi connectivity index (χ0n) is 8.46. The Kier molecular flexibility index (Phi) is 1.87. The summed E-state index contributed by atoms with van der Waals surface area (Å²) in [6.45, 7) is 0. The Hall–Kier alpha value is -1.39. The first-order valence-corrected chi connectivity index (χ1v) is 5.45. The molecule has 1 aliphatic carbocycles. The molecule has 0 radical (unpaired) electrons. The molecule has 3 rings (SSSR count). The fourth-order valence-electron chi connectivity index (χ4n) is 1.72. The lowest BCUT2D eigenvalue weighted by molar-refractivity contribution is 0.673. The lowest BCUT2D eigenvalue weighted by Crippen LogP contribution is -2.26. The van der Waals surface area contributed by atoms with E-state index in [1.807, 2.05) is 0 Å². The van der Waals surface area contributed by atoms with E-state index in [0.717, 1.165) is 12.8 Å². The van der Waals surface area contributed by atoms with Crippen LogP contribution in [0, 0.1) is 0 Å². The highest BCUT2D eigenvalue weighted by Gasteiger charge is 2.42. The fourth-order valence-corrected chi connectivity index (χ4v) is 1.89. The van der Waals surface area contributed by atoms with Crippen LogP contribution < -0.4 is 11.3 Å². The monoisotopic (exact) mass is 235 g/mol. The molecule has 1 fully saturated rings. The minimum Gasteiger partial charge on any atom is -0.319 e. The molecule has 1 aromatic heterocycles. The van der Waals surface area contributed by atoms with Gasteiger partial charge in [0.1, 0.15) is 5.82 Å². The number of H-pyrrole nitrogens is 1. The number of rotatable bonds is 1. The first-order chi connectivity index (χ1) is 7.58. The molecule has 0 amide bonds. The largest absolute Gasteiger partial charge is 0.319 e. The van der Waals surface area contributed by atoms with Crippen molar-refractivity contribution in [1.82, 2.24) is 9.97 Å². The minimum absolute atomic E-state index is 0.159. The highest BCUT2D eigenvalue weighted by atomic mass is 35.5. The van der Waals surface area contributed by atoms with E-state index in [0.29, 0.717) is 21.7 Å². The zero-order valence-corrected chi connectivity index (χ0v) is 9.21. The number of aromatic nitrogens is 2. The number of fused-ring (bicyclic) bond motifs is 1. The van der Waals surface area contributed by atoms with Crippen LogP contribution in [-0.2, 0) is 5.54 Å². The van der Waals surface area contributed by atoms with Crippen LogP contribution in [-0.4, -0.2) is 9.97 Å². The van der Waals surface area contributed by atoms with Crippen molar-refractivity contribution in [3.8, 4) is 0 Å². The van der Waals surface area contributed by atoms with Crippen LogP contribution in [0.25, 0.3) is 10.9 Å². The Bertz CT molecular complexity index is 631. The van der Waals surface area contributed by atoms with Crippen molar-refractivity contribution < 1.29 is 0 Å². The van der Waals surface area contributed by atoms with E-state index >= 15 is 0 Å². The van der Waals surface area contributed by atoms with Crippen molar-refractivity contribution in [1.29, 1.82) is 0 Å². The molecule has 4 nitrogen and oxygen atoms in total. The summed E-state index contributed by atoms with van der Waals surface area (Å²) < 4.78 is 0. The molecule has 1 aromatic carbocycles. The summed E-state index contributed by atoms with van der Waals surface area (Å²) in [5.41, 5.74) is 6.01. The van der Waals surface area contributed by atoms with Crippen LogP contribution >= 0.6 is 11.6 Å². The van der Waals surface area contributed by atoms with Gasteiger partial charge in [0.2, 0.25) is 0 Å². The number of hydrogen-bond acceptors (Lipinski definition) is 3. The van der Waals surface area contributed by atoms with Crippen molar-refractivity contribution in [2.75, 3.05) is 0 Å². The Labute approximate surface area is 96.4 Å². The van der Waals surface area contributed by atoms with E-state index < -0.39 is 5.54 Å². The normalized spacial score (nSPS) is 17.6. The lowest BCUT2D eigenvalue weighted by Gasteiger charge is -2.08. The van der Waals surface area contributed by atoms with Crippen molar-refractivity contribution >= 4 is 22.5 Å². The van der Waals surface area contributed by atoms with Gasteiger partial charge >= 0.3 is 0 Å². The zero-order chi connectivity index (χ0) is 11.3. The van der Waals surface area contributed by atoms with Gasteiger partial charge in [-0.1, -0.05) is 11.6 Å². The molecule has 1 heterocycles. The average Bonchev–Trinajstić information content (AvgIpc) is 2.97. The van der Waals surface area contributed by atoms with Crippen molar-refractivity contribution in [2.45, 2.75) is 18.4 Å². The van der Waals surface area contributed by atoms with E-state index in [-0.39, 0.29) is 5.56 Å². The SMILES string of the molecule is NC1(c2nc3cc(Cl)ccc3c(=O)[nH]2)CC1. The molecule has 0 bridgehead atoms. The second-order valence-corrected chi connectivity index (χ2v) is 4.67. The van der Waals surface area contributed by atoms with E-state index in [1.54, 1.807) is 18.2 Å². The van der Waals surface area contributed by atoms with E-state index in [2.05, 4.69) is 9.97 Å². The van der Waals surface area contributed by atoms with Crippen LogP contribution in [0.5, 0.6) is 0 Å². The van der Waals surface area contributed by atoms with Gasteiger partial charge in [-0.25, -0.2) is 4.98 Å². The second-order valence-electron chi connectivity index (χ2n) is 4.23. The van der Waals surface area contributed by atoms with Crippen LogP contribution in [0.4, 0.5) is 0 Å². The smallest absolute Gasteiger partial charge is 0.258 e. The van der Waals surface area contributed by atoms with Gasteiger partial charge in [0.05, 0.1) is 16.4 Å². The molecule has 82 valence electrons. The summed E-state index contributed by atoms with van der Waals surface area (Å²) in [7, 11) is 0. The van der Waals surface area contributed by atoms with Gasteiger partial charge in [-0.2, -0.15) is 0 Å². The van der Waals surface area contributed by atoms with Gasteiger partial charge in [0.25, 0.3) is 5.56 Å². The molecule has 0 unspecified atom stereocenters. The summed E-state index contributed by atoms with van der Waals surface area (Å²) in [4.78, 5) is 18.9. The third-order valence-electron chi connectivity index (χ3n) is 2.93. The predicted octanol–water partition coefficient (Wildman–Crippen LogP) is 1.52. The Morgan fingerprint density at radius 3 is 2.88 bits per heavy atom. The van der Waals surface area contributed by atoms with Crippen LogP contribution in [0.3, 0.4) is 0 Å². The van der Waals surface area contributed by atoms with Crippen molar-refractivity contribution in [3.05, 3.63) is 39.4 Å². The Morgan fingerprint density at radius 2 is 2.19 bits per heavy atom. The quantitative estimate of drug-likeness (QED) is 0.787. The third-order valence-corrected chi connectivity index (χ3v) is 3.16. The van der Waals surface area contributed by atoms with Crippen LogP contribution in [0.2, 0.25) is 5.02 Å². The van der Waals surface area contributed by atoms with E-state index in [9.17, 15) is 4.79 Å². The molecule has 5 heteroatoms. The summed E-state index contributed by atoms with van der Waals surface area (Å²) in [6.07, 6.45) is 1.73. The van der Waals surface area contributed by atoms with Gasteiger partial charge in [-0.15, -0.1) is 0 Å². The number of hydrogen-bond donors (Lipinski definition) is 2. The molecule has 1 saturated carbocycles. The summed E-state index contributed by atoms with van der Waals surface area (Å²) in [5, 5.41) is 1.11. The number of nitrogens with zero attached hydrogens (tertiary/aromatic N) is 1. The molecule has 3 N–H and O–H groups in total. The average molecular weight is 236 g/mol. The van der Waals surface area contributed by atoms with Gasteiger partial charge < -0.3 is 10.7 Å². The molecule has 0 atom stereocenters. The van der Waals surface area contributed by atoms with Gasteiger partial charge in [-0.3, -0.25) is 4.79 Å². The summed E-state index contributed by atoms with van der Waals surface area (Å²) in [6, 6.07) is 5.03. The number of aromatic amines is 1. The van der Waals surface area contributed by atoms with Crippen molar-refractivity contribution in [2.24, 2.45) is 5.73 Å². The van der Waals surface area contributed by atoms with Gasteiger partial charge in [0, 0.05) is 5.02 Å². The first-order valence-electron chi connectivity index (χ1n) is 5.07. The second kappa shape index (κ2) is 3.06. The maximum absolute atomic E-state index is 11.8. The highest BCUT2D eigenvalue weighted by molar-refractivity contribution is 6.31. The molecule has 1 aliphatic rings. The number of halogens is 1. The van der Waals surface area contributed by atoms with E-state index in [1.165, 1.54) is 0 Å². The maximum atomic E-state index is 11.8. The Morgan fingerprint density at radius 1 is 1.44 bits per heavy atom. The maximum Gasteiger partial charge on any atom is 0.258 e. The number of nitrogens with one attached hydrogen (secondary N) is 1. The number of benzene rings is 1.